The Bertz CT molecular complexity index is 493. The van der Waals surface area contributed by atoms with Gasteiger partial charge in [0.1, 0.15) is 0 Å². The van der Waals surface area contributed by atoms with E-state index in [1.165, 1.54) is 12.8 Å². The summed E-state index contributed by atoms with van der Waals surface area (Å²) in [4.78, 5) is 23.5. The van der Waals surface area contributed by atoms with Gasteiger partial charge in [0.05, 0.1) is 5.41 Å². The van der Waals surface area contributed by atoms with Gasteiger partial charge in [0.15, 0.2) is 0 Å². The van der Waals surface area contributed by atoms with Crippen LogP contribution in [0, 0.1) is 40.9 Å². The molecule has 0 heterocycles. The Kier molecular flexibility index (Phi) is 4.41. The van der Waals surface area contributed by atoms with Crippen molar-refractivity contribution in [1.82, 2.24) is 0 Å². The number of rotatable bonds is 3. The summed E-state index contributed by atoms with van der Waals surface area (Å²) in [5, 5.41) is 19.3. The van der Waals surface area contributed by atoms with Crippen LogP contribution in [0.2, 0.25) is 0 Å². The summed E-state index contributed by atoms with van der Waals surface area (Å²) in [5.41, 5.74) is -0.594. The summed E-state index contributed by atoms with van der Waals surface area (Å²) in [5.74, 6) is 0.809. The topological polar surface area (TPSA) is 74.6 Å². The minimum Gasteiger partial charge on any atom is -0.481 e. The average Bonchev–Trinajstić information content (AvgIpc) is 2.44. The van der Waals surface area contributed by atoms with Crippen molar-refractivity contribution in [2.24, 2.45) is 40.9 Å². The second-order valence-electron chi connectivity index (χ2n) is 8.13. The Morgan fingerprint density at radius 3 is 2.36 bits per heavy atom. The zero-order valence-corrected chi connectivity index (χ0v) is 15.3. The van der Waals surface area contributed by atoms with E-state index >= 15 is 0 Å². The molecule has 0 amide bonds. The molecule has 22 heavy (non-hydrogen) atoms. The van der Waals surface area contributed by atoms with Crippen molar-refractivity contribution < 1.29 is 49.4 Å². The second kappa shape index (κ2) is 5.78. The molecule has 4 rings (SSSR count). The van der Waals surface area contributed by atoms with Crippen molar-refractivity contribution in [3.05, 3.63) is 0 Å². The van der Waals surface area contributed by atoms with Crippen LogP contribution in [0.15, 0.2) is 0 Å². The molecule has 0 aromatic heterocycles. The van der Waals surface area contributed by atoms with E-state index in [1.54, 1.807) is 0 Å². The summed E-state index contributed by atoms with van der Waals surface area (Å²) in [6, 6.07) is 0. The minimum absolute atomic E-state index is 0. The number of fused-ring (bicyclic) bond motifs is 2. The van der Waals surface area contributed by atoms with E-state index in [-0.39, 0.29) is 47.8 Å². The molecule has 116 valence electrons. The van der Waals surface area contributed by atoms with Crippen molar-refractivity contribution in [2.45, 2.75) is 51.4 Å². The summed E-state index contributed by atoms with van der Waals surface area (Å²) in [6.07, 6.45) is 7.56. The molecule has 4 saturated carbocycles. The first-order valence-corrected chi connectivity index (χ1v) is 8.46. The normalized spacial score (nSPS) is 48.4. The molecule has 0 spiro atoms. The summed E-state index contributed by atoms with van der Waals surface area (Å²) < 4.78 is 0. The fourth-order valence-corrected chi connectivity index (χ4v) is 6.82. The summed E-state index contributed by atoms with van der Waals surface area (Å²) in [7, 11) is 0. The maximum atomic E-state index is 12.3. The Hall–Kier alpha value is -0.0600. The summed E-state index contributed by atoms with van der Waals surface area (Å²) in [6.45, 7) is 0. The van der Waals surface area contributed by atoms with Gasteiger partial charge in [0, 0.05) is 6.42 Å². The van der Waals surface area contributed by atoms with Crippen LogP contribution in [0.25, 0.3) is 0 Å². The van der Waals surface area contributed by atoms with Gasteiger partial charge in [0.25, 0.3) is 0 Å². The third kappa shape index (κ3) is 2.29. The molecule has 0 saturated heterocycles. The van der Waals surface area contributed by atoms with Gasteiger partial charge in [-0.05, 0) is 74.0 Å². The summed E-state index contributed by atoms with van der Waals surface area (Å²) >= 11 is 0. The molecule has 2 N–H and O–H groups in total. The van der Waals surface area contributed by atoms with Crippen molar-refractivity contribution in [3.63, 3.8) is 0 Å². The molecule has 0 radical (unpaired) electrons. The Balaban J connectivity index is 0.00000144. The van der Waals surface area contributed by atoms with Gasteiger partial charge in [0.2, 0.25) is 0 Å². The first-order chi connectivity index (χ1) is 10.0. The monoisotopic (exact) mass is 315 g/mol. The maximum absolute atomic E-state index is 12.3. The van der Waals surface area contributed by atoms with Crippen LogP contribution in [0.1, 0.15) is 51.4 Å². The third-order valence-electron chi connectivity index (χ3n) is 7.32. The van der Waals surface area contributed by atoms with Crippen LogP contribution in [0.5, 0.6) is 0 Å². The number of carboxylic acids is 2. The van der Waals surface area contributed by atoms with E-state index < -0.39 is 17.4 Å². The van der Waals surface area contributed by atoms with Crippen LogP contribution in [0.3, 0.4) is 0 Å². The van der Waals surface area contributed by atoms with Crippen molar-refractivity contribution in [2.75, 3.05) is 0 Å². The molecule has 4 nitrogen and oxygen atoms in total. The standard InChI is InChI=1S/C17H24O4.Na/c18-15(19)7-12-4-10-3-11-2-1-9-5-13(11)17(8-10,16(20)21)14(12)6-9;/h9-14H,1-8H2,(H,18,19)(H,20,21);/q;+1. The molecule has 0 aromatic carbocycles. The quantitative estimate of drug-likeness (QED) is 0.720. The molecule has 7 unspecified atom stereocenters. The fraction of sp³-hybridized carbons (Fsp3) is 0.882. The van der Waals surface area contributed by atoms with Gasteiger partial charge < -0.3 is 10.2 Å². The predicted molar refractivity (Wildman–Crippen MR) is 75.6 cm³/mol. The molecule has 0 aliphatic heterocycles. The molecule has 4 fully saturated rings. The SMILES string of the molecule is O=C(O)CC1CC2CC3CCC4CC3C(C(=O)O)(C2)C1C4.[Na+]. The number of carboxylic acid groups (broad SMARTS) is 2. The molecule has 5 heteroatoms. The molecule has 4 bridgehead atoms. The van der Waals surface area contributed by atoms with Gasteiger partial charge in [-0.2, -0.15) is 0 Å². The molecule has 7 atom stereocenters. The zero-order chi connectivity index (χ0) is 14.8. The Labute approximate surface area is 153 Å². The molecule has 4 aliphatic rings. The maximum Gasteiger partial charge on any atom is 1.00 e. The fourth-order valence-electron chi connectivity index (χ4n) is 6.82. The van der Waals surface area contributed by atoms with Crippen molar-refractivity contribution in [1.29, 1.82) is 0 Å². The molecule has 0 aromatic rings. The van der Waals surface area contributed by atoms with E-state index in [9.17, 15) is 19.8 Å². The van der Waals surface area contributed by atoms with E-state index in [2.05, 4.69) is 0 Å². The third-order valence-corrected chi connectivity index (χ3v) is 7.32. The molecular weight excluding hydrogens is 291 g/mol. The van der Waals surface area contributed by atoms with Crippen molar-refractivity contribution in [3.8, 4) is 0 Å². The van der Waals surface area contributed by atoms with Gasteiger partial charge in [-0.3, -0.25) is 9.59 Å². The van der Waals surface area contributed by atoms with Crippen LogP contribution in [0.4, 0.5) is 0 Å². The van der Waals surface area contributed by atoms with E-state index in [0.29, 0.717) is 23.7 Å². The smallest absolute Gasteiger partial charge is 0.481 e. The van der Waals surface area contributed by atoms with Crippen molar-refractivity contribution >= 4 is 11.9 Å². The van der Waals surface area contributed by atoms with Crippen LogP contribution >= 0.6 is 0 Å². The van der Waals surface area contributed by atoms with Gasteiger partial charge in [-0.1, -0.05) is 6.42 Å². The van der Waals surface area contributed by atoms with E-state index in [1.807, 2.05) is 0 Å². The van der Waals surface area contributed by atoms with Gasteiger partial charge in [-0.15, -0.1) is 0 Å². The predicted octanol–water partition coefficient (Wildman–Crippen LogP) is 0.0184. The van der Waals surface area contributed by atoms with E-state index in [4.69, 9.17) is 0 Å². The zero-order valence-electron chi connectivity index (χ0n) is 13.3. The van der Waals surface area contributed by atoms with Crippen LogP contribution in [-0.2, 0) is 9.59 Å². The molecule has 4 aliphatic carbocycles. The van der Waals surface area contributed by atoms with Gasteiger partial charge >= 0.3 is 41.5 Å². The largest absolute Gasteiger partial charge is 1.00 e. The Morgan fingerprint density at radius 1 is 0.955 bits per heavy atom. The first kappa shape index (κ1) is 16.8. The number of aliphatic carboxylic acids is 2. The second-order valence-corrected chi connectivity index (χ2v) is 8.13. The number of hydrogen-bond acceptors (Lipinski definition) is 2. The first-order valence-electron chi connectivity index (χ1n) is 8.46. The van der Waals surface area contributed by atoms with E-state index in [0.717, 1.165) is 32.1 Å². The van der Waals surface area contributed by atoms with Gasteiger partial charge in [-0.25, -0.2) is 0 Å². The Morgan fingerprint density at radius 2 is 1.68 bits per heavy atom. The van der Waals surface area contributed by atoms with Crippen LogP contribution < -0.4 is 29.6 Å². The number of hydrogen-bond donors (Lipinski definition) is 2. The molecular formula is C17H24NaO4+. The van der Waals surface area contributed by atoms with Crippen LogP contribution in [-0.4, -0.2) is 22.2 Å². The minimum atomic E-state index is -0.757. The average molecular weight is 315 g/mol. The number of carbonyl (C=O) groups is 2.